The molecule has 1 amide bonds. The zero-order valence-corrected chi connectivity index (χ0v) is 14.7. The van der Waals surface area contributed by atoms with Crippen molar-refractivity contribution >= 4 is 12.1 Å². The Labute approximate surface area is 151 Å². The summed E-state index contributed by atoms with van der Waals surface area (Å²) in [6.45, 7) is 4.42. The minimum Gasteiger partial charge on any atom is -0.494 e. The van der Waals surface area contributed by atoms with Gasteiger partial charge in [0.2, 0.25) is 0 Å². The second kappa shape index (κ2) is 8.11. The zero-order valence-electron chi connectivity index (χ0n) is 14.7. The number of ether oxygens (including phenoxy) is 1. The first-order valence-electron chi connectivity index (χ1n) is 8.35. The Balaban J connectivity index is 1.66. The average Bonchev–Trinajstić information content (AvgIpc) is 3.05. The van der Waals surface area contributed by atoms with E-state index in [1.165, 1.54) is 0 Å². The van der Waals surface area contributed by atoms with Gasteiger partial charge in [0, 0.05) is 11.1 Å². The maximum Gasteiger partial charge on any atom is 0.289 e. The molecule has 0 bridgehead atoms. The van der Waals surface area contributed by atoms with E-state index in [2.05, 4.69) is 20.7 Å². The smallest absolute Gasteiger partial charge is 0.289 e. The molecule has 0 unspecified atom stereocenters. The minimum absolute atomic E-state index is 0.334. The lowest BCUT2D eigenvalue weighted by Crippen LogP contribution is -2.19. The third-order valence-electron chi connectivity index (χ3n) is 3.85. The fraction of sp³-hybridized carbons (Fsp3) is 0.150. The summed E-state index contributed by atoms with van der Waals surface area (Å²) in [6.07, 6.45) is 1.58. The molecule has 0 fully saturated rings. The average molecular weight is 348 g/mol. The third-order valence-corrected chi connectivity index (χ3v) is 3.85. The number of hydrogen-bond acceptors (Lipinski definition) is 4. The van der Waals surface area contributed by atoms with E-state index < -0.39 is 0 Å². The predicted molar refractivity (Wildman–Crippen MR) is 101 cm³/mol. The SMILES string of the molecule is CCOc1ccc(/C=N\NC(=O)c2[nH]nc(-c3ccccc3)c2C)cc1. The van der Waals surface area contributed by atoms with Gasteiger partial charge in [0.25, 0.3) is 5.91 Å². The van der Waals surface area contributed by atoms with Gasteiger partial charge in [-0.15, -0.1) is 0 Å². The second-order valence-corrected chi connectivity index (χ2v) is 5.64. The van der Waals surface area contributed by atoms with E-state index in [0.717, 1.165) is 28.1 Å². The molecule has 0 aliphatic carbocycles. The summed E-state index contributed by atoms with van der Waals surface area (Å²) in [7, 11) is 0. The van der Waals surface area contributed by atoms with Crippen molar-refractivity contribution in [1.82, 2.24) is 15.6 Å². The van der Waals surface area contributed by atoms with Crippen LogP contribution in [0.1, 0.15) is 28.5 Å². The molecule has 0 aliphatic rings. The summed E-state index contributed by atoms with van der Waals surface area (Å²) in [5.41, 5.74) is 6.27. The third kappa shape index (κ3) is 3.97. The lowest BCUT2D eigenvalue weighted by atomic mass is 10.1. The summed E-state index contributed by atoms with van der Waals surface area (Å²) in [5, 5.41) is 11.0. The highest BCUT2D eigenvalue weighted by Gasteiger charge is 2.16. The molecule has 0 saturated heterocycles. The fourth-order valence-electron chi connectivity index (χ4n) is 2.53. The van der Waals surface area contributed by atoms with E-state index in [9.17, 15) is 4.79 Å². The van der Waals surface area contributed by atoms with E-state index in [-0.39, 0.29) is 5.91 Å². The Morgan fingerprint density at radius 3 is 2.62 bits per heavy atom. The number of hydrazone groups is 1. The van der Waals surface area contributed by atoms with Gasteiger partial charge in [-0.2, -0.15) is 10.2 Å². The van der Waals surface area contributed by atoms with Gasteiger partial charge in [0.05, 0.1) is 18.5 Å². The number of nitrogens with zero attached hydrogens (tertiary/aromatic N) is 2. The summed E-state index contributed by atoms with van der Waals surface area (Å²) >= 11 is 0. The van der Waals surface area contributed by atoms with Gasteiger partial charge in [-0.3, -0.25) is 9.89 Å². The molecule has 6 heteroatoms. The Morgan fingerprint density at radius 2 is 1.92 bits per heavy atom. The molecule has 0 atom stereocenters. The van der Waals surface area contributed by atoms with E-state index in [4.69, 9.17) is 4.74 Å². The fourth-order valence-corrected chi connectivity index (χ4v) is 2.53. The molecule has 26 heavy (non-hydrogen) atoms. The molecule has 132 valence electrons. The van der Waals surface area contributed by atoms with Gasteiger partial charge in [0.15, 0.2) is 0 Å². The van der Waals surface area contributed by atoms with Gasteiger partial charge in [0.1, 0.15) is 11.4 Å². The number of hydrogen-bond donors (Lipinski definition) is 2. The quantitative estimate of drug-likeness (QED) is 0.528. The number of aromatic amines is 1. The van der Waals surface area contributed by atoms with Gasteiger partial charge in [-0.1, -0.05) is 30.3 Å². The van der Waals surface area contributed by atoms with E-state index in [0.29, 0.717) is 12.3 Å². The Kier molecular flexibility index (Phi) is 5.43. The number of carbonyl (C=O) groups excluding carboxylic acids is 1. The van der Waals surface area contributed by atoms with E-state index >= 15 is 0 Å². The largest absolute Gasteiger partial charge is 0.494 e. The van der Waals surface area contributed by atoms with Gasteiger partial charge in [-0.25, -0.2) is 5.43 Å². The molecule has 0 aliphatic heterocycles. The van der Waals surface area contributed by atoms with E-state index in [1.54, 1.807) is 6.21 Å². The van der Waals surface area contributed by atoms with Crippen LogP contribution < -0.4 is 10.2 Å². The second-order valence-electron chi connectivity index (χ2n) is 5.64. The van der Waals surface area contributed by atoms with E-state index in [1.807, 2.05) is 68.4 Å². The Hall–Kier alpha value is -3.41. The molecule has 1 aromatic heterocycles. The van der Waals surface area contributed by atoms with Crippen molar-refractivity contribution in [3.63, 3.8) is 0 Å². The standard InChI is InChI=1S/C20H20N4O2/c1-3-26-17-11-9-15(10-12-17)13-21-24-20(25)19-14(2)18(22-23-19)16-7-5-4-6-8-16/h4-13H,3H2,1-2H3,(H,22,23)(H,24,25)/b21-13-. The van der Waals surface area contributed by atoms with Gasteiger partial charge in [-0.05, 0) is 43.7 Å². The molecule has 3 aromatic rings. The number of benzene rings is 2. The predicted octanol–water partition coefficient (Wildman–Crippen LogP) is 3.55. The topological polar surface area (TPSA) is 79.4 Å². The molecule has 0 radical (unpaired) electrons. The molecule has 2 aromatic carbocycles. The highest BCUT2D eigenvalue weighted by atomic mass is 16.5. The van der Waals surface area contributed by atoms with Crippen LogP contribution in [-0.4, -0.2) is 28.9 Å². The summed E-state index contributed by atoms with van der Waals surface area (Å²) in [4.78, 5) is 12.3. The van der Waals surface area contributed by atoms with Crippen molar-refractivity contribution < 1.29 is 9.53 Å². The van der Waals surface area contributed by atoms with Gasteiger partial charge < -0.3 is 4.74 Å². The highest BCUT2D eigenvalue weighted by Crippen LogP contribution is 2.22. The number of nitrogens with one attached hydrogen (secondary N) is 2. The molecular weight excluding hydrogens is 328 g/mol. The van der Waals surface area contributed by atoms with Crippen molar-refractivity contribution in [2.75, 3.05) is 6.61 Å². The number of amides is 1. The normalized spacial score (nSPS) is 10.8. The maximum absolute atomic E-state index is 12.3. The minimum atomic E-state index is -0.334. The summed E-state index contributed by atoms with van der Waals surface area (Å²) in [6, 6.07) is 17.2. The van der Waals surface area contributed by atoms with Crippen LogP contribution in [0.3, 0.4) is 0 Å². The molecule has 2 N–H and O–H groups in total. The molecular formula is C20H20N4O2. The number of aromatic nitrogens is 2. The first kappa shape index (κ1) is 17.4. The van der Waals surface area contributed by atoms with Crippen LogP contribution in [0.15, 0.2) is 59.7 Å². The van der Waals surface area contributed by atoms with Crippen LogP contribution in [0.4, 0.5) is 0 Å². The van der Waals surface area contributed by atoms with Gasteiger partial charge >= 0.3 is 0 Å². The first-order valence-corrected chi connectivity index (χ1v) is 8.35. The van der Waals surface area contributed by atoms with Crippen molar-refractivity contribution in [2.24, 2.45) is 5.10 Å². The molecule has 1 heterocycles. The lowest BCUT2D eigenvalue weighted by molar-refractivity contribution is 0.0949. The first-order chi connectivity index (χ1) is 12.7. The van der Waals surface area contributed by atoms with Crippen LogP contribution in [0.2, 0.25) is 0 Å². The van der Waals surface area contributed by atoms with Crippen LogP contribution in [0, 0.1) is 6.92 Å². The monoisotopic (exact) mass is 348 g/mol. The molecule has 0 saturated carbocycles. The highest BCUT2D eigenvalue weighted by molar-refractivity contribution is 5.95. The number of rotatable bonds is 6. The number of carbonyl (C=O) groups is 1. The molecule has 3 rings (SSSR count). The maximum atomic E-state index is 12.3. The summed E-state index contributed by atoms with van der Waals surface area (Å²) < 4.78 is 5.39. The lowest BCUT2D eigenvalue weighted by Gasteiger charge is -2.02. The van der Waals surface area contributed by atoms with Crippen molar-refractivity contribution in [2.45, 2.75) is 13.8 Å². The summed E-state index contributed by atoms with van der Waals surface area (Å²) in [5.74, 6) is 0.467. The Morgan fingerprint density at radius 1 is 1.19 bits per heavy atom. The van der Waals surface area contributed by atoms with Crippen LogP contribution >= 0.6 is 0 Å². The van der Waals surface area contributed by atoms with Crippen molar-refractivity contribution in [3.05, 3.63) is 71.4 Å². The zero-order chi connectivity index (χ0) is 18.4. The molecule has 0 spiro atoms. The molecule has 6 nitrogen and oxygen atoms in total. The Bertz CT molecular complexity index is 899. The number of H-pyrrole nitrogens is 1. The van der Waals surface area contributed by atoms with Crippen molar-refractivity contribution in [1.29, 1.82) is 0 Å². The van der Waals surface area contributed by atoms with Crippen LogP contribution in [-0.2, 0) is 0 Å². The van der Waals surface area contributed by atoms with Crippen molar-refractivity contribution in [3.8, 4) is 17.0 Å². The van der Waals surface area contributed by atoms with Crippen LogP contribution in [0.5, 0.6) is 5.75 Å². The van der Waals surface area contributed by atoms with Crippen LogP contribution in [0.25, 0.3) is 11.3 Å².